The van der Waals surface area contributed by atoms with Crippen LogP contribution in [0.4, 0.5) is 23.3 Å². The second-order valence-corrected chi connectivity index (χ2v) is 8.68. The van der Waals surface area contributed by atoms with E-state index in [9.17, 15) is 0 Å². The van der Waals surface area contributed by atoms with E-state index in [0.717, 1.165) is 60.4 Å². The first-order valence-corrected chi connectivity index (χ1v) is 11.9. The number of hydrogen-bond acceptors (Lipinski definition) is 9. The number of rotatable bonds is 7. The third kappa shape index (κ3) is 6.07. The SMILES string of the molecule is Cc1cccc(-c2nccc(Nc3ccnc(Nc4ccc(Cl)c(CN5CCNCC5)c4)n3)n2)n1. The number of nitrogens with one attached hydrogen (secondary N) is 3. The number of nitrogens with zero attached hydrogens (tertiary/aromatic N) is 6. The maximum atomic E-state index is 6.47. The molecule has 0 amide bonds. The molecular weight excluding hydrogens is 462 g/mol. The number of anilines is 4. The van der Waals surface area contributed by atoms with E-state index in [-0.39, 0.29) is 0 Å². The van der Waals surface area contributed by atoms with Crippen molar-refractivity contribution >= 4 is 34.9 Å². The van der Waals surface area contributed by atoms with Crippen LogP contribution in [-0.2, 0) is 6.54 Å². The van der Waals surface area contributed by atoms with Gasteiger partial charge in [0.25, 0.3) is 0 Å². The van der Waals surface area contributed by atoms with Crippen molar-refractivity contribution < 1.29 is 0 Å². The van der Waals surface area contributed by atoms with Crippen LogP contribution in [-0.4, -0.2) is 56.0 Å². The van der Waals surface area contributed by atoms with E-state index in [1.165, 1.54) is 0 Å². The largest absolute Gasteiger partial charge is 0.325 e. The third-order valence-electron chi connectivity index (χ3n) is 5.59. The van der Waals surface area contributed by atoms with E-state index in [4.69, 9.17) is 11.6 Å². The average molecular weight is 488 g/mol. The van der Waals surface area contributed by atoms with Crippen molar-refractivity contribution in [1.29, 1.82) is 0 Å². The number of piperazine rings is 1. The molecule has 0 saturated carbocycles. The van der Waals surface area contributed by atoms with Crippen molar-refractivity contribution in [3.8, 4) is 11.5 Å². The lowest BCUT2D eigenvalue weighted by Crippen LogP contribution is -2.42. The van der Waals surface area contributed by atoms with Crippen LogP contribution < -0.4 is 16.0 Å². The topological polar surface area (TPSA) is 104 Å². The zero-order valence-corrected chi connectivity index (χ0v) is 20.1. The molecule has 4 heterocycles. The zero-order valence-electron chi connectivity index (χ0n) is 19.4. The van der Waals surface area contributed by atoms with Gasteiger partial charge in [-0.25, -0.2) is 19.9 Å². The highest BCUT2D eigenvalue weighted by molar-refractivity contribution is 6.31. The molecule has 0 bridgehead atoms. The number of pyridine rings is 1. The Kier molecular flexibility index (Phi) is 7.08. The van der Waals surface area contributed by atoms with Crippen molar-refractivity contribution in [2.45, 2.75) is 13.5 Å². The maximum Gasteiger partial charge on any atom is 0.229 e. The Morgan fingerprint density at radius 3 is 2.54 bits per heavy atom. The van der Waals surface area contributed by atoms with Gasteiger partial charge in [0.1, 0.15) is 17.3 Å². The monoisotopic (exact) mass is 487 g/mol. The van der Waals surface area contributed by atoms with Gasteiger partial charge in [0.15, 0.2) is 5.82 Å². The van der Waals surface area contributed by atoms with Gasteiger partial charge < -0.3 is 16.0 Å². The van der Waals surface area contributed by atoms with Crippen molar-refractivity contribution in [2.75, 3.05) is 36.8 Å². The molecule has 1 aliphatic heterocycles. The second-order valence-electron chi connectivity index (χ2n) is 8.28. The van der Waals surface area contributed by atoms with Gasteiger partial charge in [0, 0.05) is 61.5 Å². The van der Waals surface area contributed by atoms with Crippen LogP contribution in [0.25, 0.3) is 11.5 Å². The molecule has 1 fully saturated rings. The van der Waals surface area contributed by atoms with E-state index in [1.807, 2.05) is 37.3 Å². The first kappa shape index (κ1) is 23.1. The van der Waals surface area contributed by atoms with Gasteiger partial charge >= 0.3 is 0 Å². The number of aryl methyl sites for hydroxylation is 1. The zero-order chi connectivity index (χ0) is 24.0. The predicted octanol–water partition coefficient (Wildman–Crippen LogP) is 4.18. The molecule has 0 spiro atoms. The summed E-state index contributed by atoms with van der Waals surface area (Å²) < 4.78 is 0. The first-order valence-electron chi connectivity index (χ1n) is 11.5. The van der Waals surface area contributed by atoms with E-state index >= 15 is 0 Å². The number of halogens is 1. The molecule has 5 rings (SSSR count). The fourth-order valence-electron chi connectivity index (χ4n) is 3.85. The molecule has 0 radical (unpaired) electrons. The molecular formula is C25H26ClN9. The summed E-state index contributed by atoms with van der Waals surface area (Å²) >= 11 is 6.47. The van der Waals surface area contributed by atoms with Crippen molar-refractivity contribution in [3.63, 3.8) is 0 Å². The normalized spacial score (nSPS) is 14.0. The van der Waals surface area contributed by atoms with E-state index < -0.39 is 0 Å². The minimum atomic E-state index is 0.472. The van der Waals surface area contributed by atoms with Crippen LogP contribution in [0.5, 0.6) is 0 Å². The molecule has 4 aromatic rings. The lowest BCUT2D eigenvalue weighted by Gasteiger charge is -2.27. The molecule has 178 valence electrons. The fraction of sp³-hybridized carbons (Fsp3) is 0.240. The fourth-order valence-corrected chi connectivity index (χ4v) is 4.03. The van der Waals surface area contributed by atoms with E-state index in [0.29, 0.717) is 23.4 Å². The maximum absolute atomic E-state index is 6.47. The van der Waals surface area contributed by atoms with Crippen LogP contribution in [0.15, 0.2) is 60.9 Å². The smallest absolute Gasteiger partial charge is 0.229 e. The summed E-state index contributed by atoms with van der Waals surface area (Å²) in [6, 6.07) is 15.2. The highest BCUT2D eigenvalue weighted by Crippen LogP contribution is 2.24. The lowest BCUT2D eigenvalue weighted by atomic mass is 10.1. The molecule has 3 N–H and O–H groups in total. The Morgan fingerprint density at radius 2 is 1.71 bits per heavy atom. The molecule has 0 aliphatic carbocycles. The van der Waals surface area contributed by atoms with E-state index in [2.05, 4.69) is 51.8 Å². The molecule has 0 unspecified atom stereocenters. The Bertz CT molecular complexity index is 1310. The standard InChI is InChI=1S/C25H26ClN9/c1-17-3-2-4-21(30-17)24-28-9-7-22(33-24)32-23-8-10-29-25(34-23)31-19-5-6-20(26)18(15-19)16-35-13-11-27-12-14-35/h2-10,15,27H,11-14,16H2,1H3,(H2,28,29,31,32,33,34). The summed E-state index contributed by atoms with van der Waals surface area (Å²) in [7, 11) is 0. The highest BCUT2D eigenvalue weighted by Gasteiger charge is 2.13. The Hall–Kier alpha value is -3.66. The van der Waals surface area contributed by atoms with Gasteiger partial charge in [-0.2, -0.15) is 4.98 Å². The van der Waals surface area contributed by atoms with Crippen LogP contribution >= 0.6 is 11.6 Å². The molecule has 1 aromatic carbocycles. The molecule has 0 atom stereocenters. The summed E-state index contributed by atoms with van der Waals surface area (Å²) in [6.07, 6.45) is 3.39. The summed E-state index contributed by atoms with van der Waals surface area (Å²) in [4.78, 5) is 24.8. The Morgan fingerprint density at radius 1 is 0.914 bits per heavy atom. The van der Waals surface area contributed by atoms with Gasteiger partial charge in [-0.1, -0.05) is 17.7 Å². The van der Waals surface area contributed by atoms with Crippen molar-refractivity contribution in [1.82, 2.24) is 35.1 Å². The minimum Gasteiger partial charge on any atom is -0.325 e. The van der Waals surface area contributed by atoms with Gasteiger partial charge in [-0.05, 0) is 55.0 Å². The quantitative estimate of drug-likeness (QED) is 0.354. The number of aromatic nitrogens is 5. The van der Waals surface area contributed by atoms with Crippen molar-refractivity contribution in [3.05, 3.63) is 77.2 Å². The van der Waals surface area contributed by atoms with Crippen LogP contribution in [0.2, 0.25) is 5.02 Å². The number of benzene rings is 1. The molecule has 1 aliphatic rings. The molecule has 10 heteroatoms. The van der Waals surface area contributed by atoms with Gasteiger partial charge in [0.2, 0.25) is 5.95 Å². The Labute approximate surface area is 209 Å². The second kappa shape index (κ2) is 10.7. The van der Waals surface area contributed by atoms with Crippen LogP contribution in [0, 0.1) is 6.92 Å². The number of hydrogen-bond donors (Lipinski definition) is 3. The summed E-state index contributed by atoms with van der Waals surface area (Å²) in [5, 5.41) is 10.6. The predicted molar refractivity (Wildman–Crippen MR) is 138 cm³/mol. The summed E-state index contributed by atoms with van der Waals surface area (Å²) in [5.74, 6) is 2.25. The molecule has 9 nitrogen and oxygen atoms in total. The molecule has 35 heavy (non-hydrogen) atoms. The summed E-state index contributed by atoms with van der Waals surface area (Å²) in [5.41, 5.74) is 3.59. The van der Waals surface area contributed by atoms with Gasteiger partial charge in [0.05, 0.1) is 0 Å². The van der Waals surface area contributed by atoms with Crippen LogP contribution in [0.3, 0.4) is 0 Å². The van der Waals surface area contributed by atoms with Gasteiger partial charge in [-0.15, -0.1) is 0 Å². The average Bonchev–Trinajstić information content (AvgIpc) is 2.87. The summed E-state index contributed by atoms with van der Waals surface area (Å²) in [6.45, 7) is 6.77. The lowest BCUT2D eigenvalue weighted by molar-refractivity contribution is 0.233. The molecule has 3 aromatic heterocycles. The Balaban J connectivity index is 1.29. The highest BCUT2D eigenvalue weighted by atomic mass is 35.5. The van der Waals surface area contributed by atoms with Gasteiger partial charge in [-0.3, -0.25) is 4.90 Å². The van der Waals surface area contributed by atoms with Crippen molar-refractivity contribution in [2.24, 2.45) is 0 Å². The molecule has 1 saturated heterocycles. The minimum absolute atomic E-state index is 0.472. The van der Waals surface area contributed by atoms with Crippen LogP contribution in [0.1, 0.15) is 11.3 Å². The third-order valence-corrected chi connectivity index (χ3v) is 5.96. The first-order chi connectivity index (χ1) is 17.1. The van der Waals surface area contributed by atoms with E-state index in [1.54, 1.807) is 24.5 Å².